The first kappa shape index (κ1) is 12.8. The van der Waals surface area contributed by atoms with Crippen molar-refractivity contribution in [3.63, 3.8) is 0 Å². The Balaban J connectivity index is 2.34. The number of rotatable bonds is 5. The summed E-state index contributed by atoms with van der Waals surface area (Å²) in [5.74, 6) is -0.598. The van der Waals surface area contributed by atoms with Gasteiger partial charge >= 0.3 is 5.97 Å². The fourth-order valence-electron chi connectivity index (χ4n) is 1.01. The molecular formula is C11H14N2O4. The van der Waals surface area contributed by atoms with Crippen LogP contribution in [0, 0.1) is 0 Å². The smallest absolute Gasteiger partial charge is 0.344 e. The summed E-state index contributed by atoms with van der Waals surface area (Å²) in [4.78, 5) is 22.0. The van der Waals surface area contributed by atoms with Crippen molar-refractivity contribution in [2.24, 2.45) is 0 Å². The van der Waals surface area contributed by atoms with Gasteiger partial charge in [-0.3, -0.25) is 4.79 Å². The third-order valence-electron chi connectivity index (χ3n) is 1.91. The molecule has 1 rings (SSSR count). The summed E-state index contributed by atoms with van der Waals surface area (Å²) in [5, 5.41) is 2.33. The number of esters is 1. The normalized spacial score (nSPS) is 9.47. The molecule has 17 heavy (non-hydrogen) atoms. The van der Waals surface area contributed by atoms with Crippen LogP contribution in [-0.2, 0) is 14.3 Å². The van der Waals surface area contributed by atoms with E-state index in [0.717, 1.165) is 0 Å². The lowest BCUT2D eigenvalue weighted by Crippen LogP contribution is -2.26. The Morgan fingerprint density at radius 1 is 1.29 bits per heavy atom. The standard InChI is InChI=1S/C11H14N2O4/c1-13-10(14)6-17-11(15)7-16-9-5-3-2-4-8(9)12/h2-5H,6-7,12H2,1H3,(H,13,14). The van der Waals surface area contributed by atoms with Gasteiger partial charge in [0, 0.05) is 7.05 Å². The lowest BCUT2D eigenvalue weighted by Gasteiger charge is -2.08. The number of likely N-dealkylation sites (N-methyl/N-ethyl adjacent to an activating group) is 1. The molecule has 0 atom stereocenters. The summed E-state index contributed by atoms with van der Waals surface area (Å²) in [6.07, 6.45) is 0. The molecule has 0 bridgehead atoms. The molecule has 6 nitrogen and oxygen atoms in total. The van der Waals surface area contributed by atoms with Crippen molar-refractivity contribution in [3.05, 3.63) is 24.3 Å². The molecule has 0 heterocycles. The number of amides is 1. The lowest BCUT2D eigenvalue weighted by atomic mass is 10.3. The molecule has 0 aromatic heterocycles. The molecule has 3 N–H and O–H groups in total. The number of benzene rings is 1. The molecule has 0 fully saturated rings. The molecule has 6 heteroatoms. The number of anilines is 1. The molecule has 1 aromatic carbocycles. The van der Waals surface area contributed by atoms with Crippen LogP contribution in [0.25, 0.3) is 0 Å². The van der Waals surface area contributed by atoms with Gasteiger partial charge in [0.05, 0.1) is 5.69 Å². The minimum atomic E-state index is -0.628. The first-order valence-electron chi connectivity index (χ1n) is 4.97. The van der Waals surface area contributed by atoms with Crippen molar-refractivity contribution in [2.45, 2.75) is 0 Å². The SMILES string of the molecule is CNC(=O)COC(=O)COc1ccccc1N. The molecule has 0 radical (unpaired) electrons. The van der Waals surface area contributed by atoms with E-state index in [2.05, 4.69) is 10.1 Å². The average molecular weight is 238 g/mol. The number of hydrogen-bond donors (Lipinski definition) is 2. The average Bonchev–Trinajstić information content (AvgIpc) is 2.35. The molecule has 1 aromatic rings. The molecule has 1 amide bonds. The van der Waals surface area contributed by atoms with Crippen molar-refractivity contribution in [2.75, 3.05) is 26.0 Å². The van der Waals surface area contributed by atoms with Gasteiger partial charge in [-0.15, -0.1) is 0 Å². The summed E-state index contributed by atoms with van der Waals surface area (Å²) in [6.45, 7) is -0.603. The van der Waals surface area contributed by atoms with Crippen LogP contribution in [0.5, 0.6) is 5.75 Å². The molecule has 0 unspecified atom stereocenters. The van der Waals surface area contributed by atoms with Gasteiger partial charge < -0.3 is 20.5 Å². The largest absolute Gasteiger partial charge is 0.480 e. The first-order valence-corrected chi connectivity index (χ1v) is 4.97. The van der Waals surface area contributed by atoms with Gasteiger partial charge in [0.2, 0.25) is 0 Å². The fraction of sp³-hybridized carbons (Fsp3) is 0.273. The van der Waals surface area contributed by atoms with Crippen LogP contribution in [0.1, 0.15) is 0 Å². The maximum Gasteiger partial charge on any atom is 0.344 e. The molecule has 0 aliphatic carbocycles. The monoisotopic (exact) mass is 238 g/mol. The number of ether oxygens (including phenoxy) is 2. The summed E-state index contributed by atoms with van der Waals surface area (Å²) in [7, 11) is 1.46. The van der Waals surface area contributed by atoms with E-state index in [1.807, 2.05) is 0 Å². The highest BCUT2D eigenvalue weighted by molar-refractivity contribution is 5.80. The van der Waals surface area contributed by atoms with E-state index in [1.54, 1.807) is 24.3 Å². The Bertz CT molecular complexity index is 406. The molecule has 0 spiro atoms. The van der Waals surface area contributed by atoms with Crippen LogP contribution < -0.4 is 15.8 Å². The van der Waals surface area contributed by atoms with E-state index in [4.69, 9.17) is 10.5 Å². The van der Waals surface area contributed by atoms with Gasteiger partial charge in [-0.25, -0.2) is 4.79 Å². The van der Waals surface area contributed by atoms with Crippen LogP contribution in [0.3, 0.4) is 0 Å². The van der Waals surface area contributed by atoms with E-state index in [-0.39, 0.29) is 19.1 Å². The van der Waals surface area contributed by atoms with Gasteiger partial charge in [-0.2, -0.15) is 0 Å². The topological polar surface area (TPSA) is 90.6 Å². The van der Waals surface area contributed by atoms with Gasteiger partial charge in [0.1, 0.15) is 5.75 Å². The second-order valence-corrected chi connectivity index (χ2v) is 3.16. The van der Waals surface area contributed by atoms with Crippen LogP contribution in [0.15, 0.2) is 24.3 Å². The third-order valence-corrected chi connectivity index (χ3v) is 1.91. The number of nitrogens with two attached hydrogens (primary N) is 1. The van der Waals surface area contributed by atoms with Crippen molar-refractivity contribution >= 4 is 17.6 Å². The highest BCUT2D eigenvalue weighted by Crippen LogP contribution is 2.19. The third kappa shape index (κ3) is 4.42. The quantitative estimate of drug-likeness (QED) is 0.554. The van der Waals surface area contributed by atoms with Crippen LogP contribution in [0.4, 0.5) is 5.69 Å². The summed E-state index contributed by atoms with van der Waals surface area (Å²) in [5.41, 5.74) is 6.05. The minimum absolute atomic E-state index is 0.287. The van der Waals surface area contributed by atoms with E-state index < -0.39 is 5.97 Å². The van der Waals surface area contributed by atoms with Crippen LogP contribution >= 0.6 is 0 Å². The van der Waals surface area contributed by atoms with Crippen LogP contribution in [-0.4, -0.2) is 32.1 Å². The zero-order valence-corrected chi connectivity index (χ0v) is 9.43. The van der Waals surface area contributed by atoms with Crippen molar-refractivity contribution in [3.8, 4) is 5.75 Å². The zero-order chi connectivity index (χ0) is 12.7. The molecule has 0 saturated carbocycles. The summed E-state index contributed by atoms with van der Waals surface area (Å²) < 4.78 is 9.77. The molecule has 0 saturated heterocycles. The van der Waals surface area contributed by atoms with Gasteiger partial charge in [-0.05, 0) is 12.1 Å². The number of carbonyl (C=O) groups is 2. The number of nitrogens with one attached hydrogen (secondary N) is 1. The van der Waals surface area contributed by atoms with E-state index in [9.17, 15) is 9.59 Å². The molecular weight excluding hydrogens is 224 g/mol. The highest BCUT2D eigenvalue weighted by atomic mass is 16.6. The maximum absolute atomic E-state index is 11.2. The lowest BCUT2D eigenvalue weighted by molar-refractivity contribution is -0.150. The fourth-order valence-corrected chi connectivity index (χ4v) is 1.01. The predicted molar refractivity (Wildman–Crippen MR) is 61.4 cm³/mol. The Labute approximate surface area is 98.7 Å². The molecule has 0 aliphatic heterocycles. The summed E-state index contributed by atoms with van der Waals surface area (Å²) in [6, 6.07) is 6.79. The van der Waals surface area contributed by atoms with E-state index >= 15 is 0 Å². The Hall–Kier alpha value is -2.24. The predicted octanol–water partition coefficient (Wildman–Crippen LogP) is -0.0632. The number of nitrogen functional groups attached to an aromatic ring is 1. The van der Waals surface area contributed by atoms with Gasteiger partial charge in [0.15, 0.2) is 13.2 Å². The minimum Gasteiger partial charge on any atom is -0.480 e. The van der Waals surface area contributed by atoms with Crippen molar-refractivity contribution in [1.82, 2.24) is 5.32 Å². The van der Waals surface area contributed by atoms with Gasteiger partial charge in [0.25, 0.3) is 5.91 Å². The Morgan fingerprint density at radius 3 is 2.65 bits per heavy atom. The van der Waals surface area contributed by atoms with E-state index in [0.29, 0.717) is 11.4 Å². The first-order chi connectivity index (χ1) is 8.13. The van der Waals surface area contributed by atoms with Crippen molar-refractivity contribution < 1.29 is 19.1 Å². The molecule has 0 aliphatic rings. The Kier molecular flexibility index (Phi) is 4.80. The highest BCUT2D eigenvalue weighted by Gasteiger charge is 2.08. The van der Waals surface area contributed by atoms with Crippen molar-refractivity contribution in [1.29, 1.82) is 0 Å². The van der Waals surface area contributed by atoms with E-state index in [1.165, 1.54) is 7.05 Å². The number of hydrogen-bond acceptors (Lipinski definition) is 5. The van der Waals surface area contributed by atoms with Crippen LogP contribution in [0.2, 0.25) is 0 Å². The second kappa shape index (κ2) is 6.37. The number of carbonyl (C=O) groups excluding carboxylic acids is 2. The Morgan fingerprint density at radius 2 is 2.00 bits per heavy atom. The molecule has 92 valence electrons. The maximum atomic E-state index is 11.2. The van der Waals surface area contributed by atoms with Gasteiger partial charge in [-0.1, -0.05) is 12.1 Å². The zero-order valence-electron chi connectivity index (χ0n) is 9.43. The second-order valence-electron chi connectivity index (χ2n) is 3.16. The number of para-hydroxylation sites is 2. The summed E-state index contributed by atoms with van der Waals surface area (Å²) >= 11 is 0.